The normalized spacial score (nSPS) is 20.2. The monoisotopic (exact) mass is 301 g/mol. The Kier molecular flexibility index (Phi) is 3.61. The molecule has 0 amide bonds. The zero-order valence-corrected chi connectivity index (χ0v) is 12.0. The number of H-pyrrole nitrogens is 1. The Hall–Kier alpha value is -0.550. The van der Waals surface area contributed by atoms with Gasteiger partial charge in [0.2, 0.25) is 0 Å². The molecule has 3 nitrogen and oxygen atoms in total. The summed E-state index contributed by atoms with van der Waals surface area (Å²) in [5.41, 5.74) is 1.87. The number of imidazole rings is 1. The summed E-state index contributed by atoms with van der Waals surface area (Å²) in [4.78, 5) is 7.79. The summed E-state index contributed by atoms with van der Waals surface area (Å²) in [5.74, 6) is 0.989. The molecule has 0 saturated carbocycles. The van der Waals surface area contributed by atoms with Crippen LogP contribution in [0.5, 0.6) is 0 Å². The topological polar surface area (TPSA) is 40.7 Å². The summed E-state index contributed by atoms with van der Waals surface area (Å²) in [6.45, 7) is 1.06. The van der Waals surface area contributed by atoms with E-state index < -0.39 is 0 Å². The van der Waals surface area contributed by atoms with Gasteiger partial charge in [-0.05, 0) is 25.5 Å². The first-order valence-corrected chi connectivity index (χ1v) is 7.55. The quantitative estimate of drug-likeness (QED) is 0.870. The van der Waals surface area contributed by atoms with Crippen LogP contribution in [0, 0.1) is 0 Å². The summed E-state index contributed by atoms with van der Waals surface area (Å²) in [7, 11) is 0. The number of hydrogen-bond donors (Lipinski definition) is 2. The van der Waals surface area contributed by atoms with E-state index in [9.17, 15) is 0 Å². The minimum absolute atomic E-state index is 0.334. The number of nitrogens with one attached hydrogen (secondary N) is 2. The molecule has 2 aromatic heterocycles. The minimum Gasteiger partial charge on any atom is -0.341 e. The molecular formula is C12H13Cl2N3S. The molecule has 18 heavy (non-hydrogen) atoms. The largest absolute Gasteiger partial charge is 0.341 e. The van der Waals surface area contributed by atoms with Crippen molar-refractivity contribution >= 4 is 34.5 Å². The molecule has 1 aliphatic rings. The molecule has 96 valence electrons. The Morgan fingerprint density at radius 2 is 2.22 bits per heavy atom. The van der Waals surface area contributed by atoms with E-state index in [1.807, 2.05) is 12.3 Å². The van der Waals surface area contributed by atoms with E-state index in [1.54, 1.807) is 0 Å². The van der Waals surface area contributed by atoms with Crippen LogP contribution >= 0.6 is 34.5 Å². The first-order chi connectivity index (χ1) is 8.74. The number of rotatable bonds is 2. The van der Waals surface area contributed by atoms with Gasteiger partial charge in [0, 0.05) is 5.56 Å². The third-order valence-electron chi connectivity index (χ3n) is 3.18. The number of hydrogen-bond acceptors (Lipinski definition) is 3. The summed E-state index contributed by atoms with van der Waals surface area (Å²) in [5, 5.41) is 3.47. The molecule has 1 fully saturated rings. The van der Waals surface area contributed by atoms with Crippen LogP contribution in [-0.2, 0) is 0 Å². The summed E-state index contributed by atoms with van der Waals surface area (Å²) in [6.07, 6.45) is 5.45. The van der Waals surface area contributed by atoms with E-state index in [4.69, 9.17) is 23.2 Å². The van der Waals surface area contributed by atoms with Crippen LogP contribution in [0.1, 0.15) is 31.1 Å². The van der Waals surface area contributed by atoms with E-state index in [0.717, 1.165) is 30.0 Å². The molecule has 1 atom stereocenters. The van der Waals surface area contributed by atoms with Gasteiger partial charge in [0.15, 0.2) is 0 Å². The molecule has 1 saturated heterocycles. The average Bonchev–Trinajstić information content (AvgIpc) is 2.97. The van der Waals surface area contributed by atoms with Crippen molar-refractivity contribution in [1.82, 2.24) is 15.3 Å². The van der Waals surface area contributed by atoms with Crippen molar-refractivity contribution in [3.63, 3.8) is 0 Å². The number of thiophene rings is 1. The summed E-state index contributed by atoms with van der Waals surface area (Å²) >= 11 is 13.5. The van der Waals surface area contributed by atoms with Gasteiger partial charge in [-0.15, -0.1) is 11.3 Å². The van der Waals surface area contributed by atoms with Crippen LogP contribution < -0.4 is 5.32 Å². The third-order valence-corrected chi connectivity index (χ3v) is 4.67. The standard InChI is InChI=1S/C12H13Cl2N3S/c13-10-5-7(11(14)18-10)9-6-16-12(17-9)8-3-1-2-4-15-8/h5-6,8,15H,1-4H2,(H,16,17). The van der Waals surface area contributed by atoms with Crippen LogP contribution in [0.25, 0.3) is 11.3 Å². The molecule has 6 heteroatoms. The predicted octanol–water partition coefficient (Wildman–Crippen LogP) is 4.26. The van der Waals surface area contributed by atoms with Crippen molar-refractivity contribution in [3.05, 3.63) is 26.8 Å². The van der Waals surface area contributed by atoms with E-state index in [0.29, 0.717) is 14.7 Å². The van der Waals surface area contributed by atoms with Crippen molar-refractivity contribution in [2.24, 2.45) is 0 Å². The lowest BCUT2D eigenvalue weighted by Gasteiger charge is -2.21. The van der Waals surface area contributed by atoms with Crippen LogP contribution in [0.2, 0.25) is 8.67 Å². The molecular weight excluding hydrogens is 289 g/mol. The number of aromatic amines is 1. The Labute approximate surface area is 120 Å². The second-order valence-corrected chi connectivity index (χ2v) is 6.71. The van der Waals surface area contributed by atoms with E-state index in [-0.39, 0.29) is 0 Å². The molecule has 0 radical (unpaired) electrons. The summed E-state index contributed by atoms with van der Waals surface area (Å²) in [6, 6.07) is 2.21. The number of halogens is 2. The van der Waals surface area contributed by atoms with Crippen molar-refractivity contribution in [1.29, 1.82) is 0 Å². The van der Waals surface area contributed by atoms with Gasteiger partial charge in [-0.25, -0.2) is 4.98 Å². The molecule has 2 aromatic rings. The third kappa shape index (κ3) is 2.43. The van der Waals surface area contributed by atoms with Crippen LogP contribution in [0.4, 0.5) is 0 Å². The Bertz CT molecular complexity index is 543. The second kappa shape index (κ2) is 5.21. The smallest absolute Gasteiger partial charge is 0.123 e. The highest BCUT2D eigenvalue weighted by molar-refractivity contribution is 7.20. The highest BCUT2D eigenvalue weighted by Gasteiger charge is 2.19. The molecule has 0 aliphatic carbocycles. The van der Waals surface area contributed by atoms with Gasteiger partial charge in [-0.3, -0.25) is 0 Å². The van der Waals surface area contributed by atoms with Gasteiger partial charge in [-0.1, -0.05) is 29.6 Å². The maximum atomic E-state index is 6.15. The average molecular weight is 302 g/mol. The van der Waals surface area contributed by atoms with Crippen LogP contribution in [0.3, 0.4) is 0 Å². The van der Waals surface area contributed by atoms with Crippen molar-refractivity contribution in [2.75, 3.05) is 6.54 Å². The molecule has 0 spiro atoms. The zero-order chi connectivity index (χ0) is 12.5. The fourth-order valence-corrected chi connectivity index (χ4v) is 3.75. The fourth-order valence-electron chi connectivity index (χ4n) is 2.26. The van der Waals surface area contributed by atoms with Gasteiger partial charge in [0.25, 0.3) is 0 Å². The van der Waals surface area contributed by atoms with Crippen molar-refractivity contribution in [3.8, 4) is 11.3 Å². The first kappa shape index (κ1) is 12.5. The van der Waals surface area contributed by atoms with Gasteiger partial charge in [-0.2, -0.15) is 0 Å². The predicted molar refractivity (Wildman–Crippen MR) is 76.5 cm³/mol. The Morgan fingerprint density at radius 1 is 1.33 bits per heavy atom. The maximum absolute atomic E-state index is 6.15. The molecule has 0 aromatic carbocycles. The lowest BCUT2D eigenvalue weighted by molar-refractivity contribution is 0.399. The molecule has 1 unspecified atom stereocenters. The molecule has 0 bridgehead atoms. The van der Waals surface area contributed by atoms with Gasteiger partial charge in [0.1, 0.15) is 10.2 Å². The van der Waals surface area contributed by atoms with Crippen molar-refractivity contribution < 1.29 is 0 Å². The Balaban J connectivity index is 1.86. The van der Waals surface area contributed by atoms with E-state index >= 15 is 0 Å². The Morgan fingerprint density at radius 3 is 2.89 bits per heavy atom. The lowest BCUT2D eigenvalue weighted by atomic mass is 10.0. The van der Waals surface area contributed by atoms with Gasteiger partial charge in [0.05, 0.1) is 22.3 Å². The minimum atomic E-state index is 0.334. The SMILES string of the molecule is Clc1cc(-c2cnc(C3CCCCN3)[nH]2)c(Cl)s1. The highest BCUT2D eigenvalue weighted by atomic mass is 35.5. The zero-order valence-electron chi connectivity index (χ0n) is 9.67. The lowest BCUT2D eigenvalue weighted by Crippen LogP contribution is -2.27. The van der Waals surface area contributed by atoms with Crippen LogP contribution in [0.15, 0.2) is 12.3 Å². The number of aromatic nitrogens is 2. The van der Waals surface area contributed by atoms with E-state index in [2.05, 4.69) is 15.3 Å². The summed E-state index contributed by atoms with van der Waals surface area (Å²) < 4.78 is 1.40. The second-order valence-electron chi connectivity index (χ2n) is 4.42. The van der Waals surface area contributed by atoms with Crippen LogP contribution in [-0.4, -0.2) is 16.5 Å². The molecule has 3 heterocycles. The highest BCUT2D eigenvalue weighted by Crippen LogP contribution is 2.37. The molecule has 2 N–H and O–H groups in total. The first-order valence-electron chi connectivity index (χ1n) is 5.97. The molecule has 3 rings (SSSR count). The number of nitrogens with zero attached hydrogens (tertiary/aromatic N) is 1. The van der Waals surface area contributed by atoms with E-state index in [1.165, 1.54) is 24.2 Å². The maximum Gasteiger partial charge on any atom is 0.123 e. The molecule has 1 aliphatic heterocycles. The van der Waals surface area contributed by atoms with Crippen molar-refractivity contribution in [2.45, 2.75) is 25.3 Å². The number of piperidine rings is 1. The fraction of sp³-hybridized carbons (Fsp3) is 0.417. The van der Waals surface area contributed by atoms with Gasteiger partial charge >= 0.3 is 0 Å². The van der Waals surface area contributed by atoms with Gasteiger partial charge < -0.3 is 10.3 Å².